The number of aliphatic imine (C=N–C) groups is 1. The molecule has 2 rings (SSSR count). The average molecular weight is 354 g/mol. The van der Waals surface area contributed by atoms with Crippen LogP contribution in [0.1, 0.15) is 77.2 Å². The van der Waals surface area contributed by atoms with Crippen LogP contribution in [0.2, 0.25) is 0 Å². The second-order valence-corrected chi connectivity index (χ2v) is 7.27. The number of unbranched alkanes of at least 4 members (excludes halogenated alkanes) is 5. The molecule has 0 fully saturated rings. The first kappa shape index (κ1) is 20.6. The fourth-order valence-electron chi connectivity index (χ4n) is 3.25. The van der Waals surface area contributed by atoms with Crippen LogP contribution in [0.5, 0.6) is 0 Å². The van der Waals surface area contributed by atoms with Crippen molar-refractivity contribution in [3.8, 4) is 0 Å². The van der Waals surface area contributed by atoms with Crippen LogP contribution in [0, 0.1) is 0 Å². The highest BCUT2D eigenvalue weighted by Crippen LogP contribution is 2.31. The van der Waals surface area contributed by atoms with Crippen LogP contribution in [0.4, 0.5) is 0 Å². The molecule has 2 heteroatoms. The van der Waals surface area contributed by atoms with E-state index in [0.29, 0.717) is 0 Å². The minimum atomic E-state index is -0.118. The molecule has 0 radical (unpaired) electrons. The van der Waals surface area contributed by atoms with Crippen molar-refractivity contribution in [2.24, 2.45) is 4.99 Å². The fourth-order valence-corrected chi connectivity index (χ4v) is 3.25. The van der Waals surface area contributed by atoms with Gasteiger partial charge in [0.1, 0.15) is 0 Å². The van der Waals surface area contributed by atoms with Crippen molar-refractivity contribution in [1.82, 2.24) is 0 Å². The minimum absolute atomic E-state index is 0.118. The van der Waals surface area contributed by atoms with Crippen LogP contribution < -0.4 is 0 Å². The van der Waals surface area contributed by atoms with Gasteiger partial charge in [0.15, 0.2) is 0 Å². The van der Waals surface area contributed by atoms with E-state index in [1.54, 1.807) is 0 Å². The van der Waals surface area contributed by atoms with Crippen LogP contribution in [0.25, 0.3) is 0 Å². The molecular weight excluding hydrogens is 318 g/mol. The van der Waals surface area contributed by atoms with E-state index in [4.69, 9.17) is 4.74 Å². The summed E-state index contributed by atoms with van der Waals surface area (Å²) in [6.07, 6.45) is 19.5. The third-order valence-corrected chi connectivity index (χ3v) is 4.97. The third-order valence-electron chi connectivity index (χ3n) is 4.97. The number of allylic oxidation sites excluding steroid dienone is 1. The molecule has 0 aliphatic heterocycles. The SMILES string of the molecule is CCCCCCC[C@]1(OCCCC)C=CC(N=Cc2ccccc2)=CC1. The summed E-state index contributed by atoms with van der Waals surface area (Å²) in [7, 11) is 0. The molecule has 0 saturated carbocycles. The van der Waals surface area contributed by atoms with Gasteiger partial charge >= 0.3 is 0 Å². The molecule has 0 heterocycles. The van der Waals surface area contributed by atoms with Crippen LogP contribution in [0.15, 0.2) is 59.2 Å². The monoisotopic (exact) mass is 353 g/mol. The van der Waals surface area contributed by atoms with Gasteiger partial charge < -0.3 is 4.74 Å². The van der Waals surface area contributed by atoms with E-state index in [9.17, 15) is 0 Å². The van der Waals surface area contributed by atoms with Crippen molar-refractivity contribution in [2.45, 2.75) is 77.2 Å². The quantitative estimate of drug-likeness (QED) is 0.297. The number of ether oxygens (including phenoxy) is 1. The summed E-state index contributed by atoms with van der Waals surface area (Å²) in [5.74, 6) is 0. The second-order valence-electron chi connectivity index (χ2n) is 7.27. The second kappa shape index (κ2) is 11.9. The standard InChI is InChI=1S/C24H35NO/c1-3-5-7-8-12-17-24(26-20-6-4-2)18-15-23(16-19-24)25-21-22-13-10-9-11-14-22/h9-11,13-16,18,21H,3-8,12,17,19-20H2,1-2H3/t24-/m0/s1. The zero-order valence-electron chi connectivity index (χ0n) is 16.6. The van der Waals surface area contributed by atoms with Crippen molar-refractivity contribution in [2.75, 3.05) is 6.61 Å². The maximum atomic E-state index is 6.35. The molecular formula is C24H35NO. The lowest BCUT2D eigenvalue weighted by Gasteiger charge is -2.32. The van der Waals surface area contributed by atoms with Crippen molar-refractivity contribution in [1.29, 1.82) is 0 Å². The molecule has 1 aromatic rings. The zero-order chi connectivity index (χ0) is 18.5. The topological polar surface area (TPSA) is 21.6 Å². The van der Waals surface area contributed by atoms with Gasteiger partial charge in [-0.3, -0.25) is 4.99 Å². The molecule has 0 unspecified atom stereocenters. The summed E-state index contributed by atoms with van der Waals surface area (Å²) >= 11 is 0. The smallest absolute Gasteiger partial charge is 0.0901 e. The first-order valence-electron chi connectivity index (χ1n) is 10.4. The molecule has 1 aromatic carbocycles. The van der Waals surface area contributed by atoms with Gasteiger partial charge in [-0.2, -0.15) is 0 Å². The predicted octanol–water partition coefficient (Wildman–Crippen LogP) is 6.87. The van der Waals surface area contributed by atoms with E-state index in [1.807, 2.05) is 24.4 Å². The number of hydrogen-bond acceptors (Lipinski definition) is 2. The van der Waals surface area contributed by atoms with E-state index < -0.39 is 0 Å². The fraction of sp³-hybridized carbons (Fsp3) is 0.542. The number of rotatable bonds is 12. The minimum Gasteiger partial charge on any atom is -0.371 e. The van der Waals surface area contributed by atoms with Crippen LogP contribution >= 0.6 is 0 Å². The molecule has 0 aromatic heterocycles. The Balaban J connectivity index is 1.91. The van der Waals surface area contributed by atoms with E-state index in [-0.39, 0.29) is 5.60 Å². The highest BCUT2D eigenvalue weighted by molar-refractivity contribution is 5.80. The van der Waals surface area contributed by atoms with E-state index in [2.05, 4.69) is 49.2 Å². The number of hydrogen-bond donors (Lipinski definition) is 0. The molecule has 1 aliphatic carbocycles. The Morgan fingerprint density at radius 1 is 1.00 bits per heavy atom. The highest BCUT2D eigenvalue weighted by Gasteiger charge is 2.28. The van der Waals surface area contributed by atoms with Gasteiger partial charge in [-0.1, -0.05) is 94.9 Å². The Hall–Kier alpha value is -1.67. The molecule has 1 atom stereocenters. The lowest BCUT2D eigenvalue weighted by atomic mass is 9.88. The summed E-state index contributed by atoms with van der Waals surface area (Å²) in [5, 5.41) is 0. The Morgan fingerprint density at radius 3 is 2.46 bits per heavy atom. The normalized spacial score (nSPS) is 19.8. The Bertz CT molecular complexity index is 587. The average Bonchev–Trinajstić information content (AvgIpc) is 2.68. The van der Waals surface area contributed by atoms with Gasteiger partial charge in [0, 0.05) is 19.2 Å². The van der Waals surface area contributed by atoms with Crippen LogP contribution in [0.3, 0.4) is 0 Å². The van der Waals surface area contributed by atoms with E-state index >= 15 is 0 Å². The number of benzene rings is 1. The predicted molar refractivity (Wildman–Crippen MR) is 113 cm³/mol. The van der Waals surface area contributed by atoms with Gasteiger partial charge in [-0.25, -0.2) is 0 Å². The third kappa shape index (κ3) is 7.29. The Kier molecular flexibility index (Phi) is 9.41. The van der Waals surface area contributed by atoms with Crippen molar-refractivity contribution < 1.29 is 4.74 Å². The molecule has 0 spiro atoms. The molecule has 0 N–H and O–H groups in total. The molecule has 0 amide bonds. The lowest BCUT2D eigenvalue weighted by molar-refractivity contribution is -0.0164. The summed E-state index contributed by atoms with van der Waals surface area (Å²) in [6, 6.07) is 10.3. The molecule has 0 saturated heterocycles. The van der Waals surface area contributed by atoms with E-state index in [1.165, 1.54) is 38.5 Å². The molecule has 142 valence electrons. The van der Waals surface area contributed by atoms with Gasteiger partial charge in [0.25, 0.3) is 0 Å². The lowest BCUT2D eigenvalue weighted by Crippen LogP contribution is -2.31. The number of nitrogens with zero attached hydrogens (tertiary/aromatic N) is 1. The summed E-state index contributed by atoms with van der Waals surface area (Å²) in [6.45, 7) is 5.33. The first-order chi connectivity index (χ1) is 12.8. The van der Waals surface area contributed by atoms with Crippen molar-refractivity contribution >= 4 is 6.21 Å². The van der Waals surface area contributed by atoms with Crippen LogP contribution in [-0.2, 0) is 4.74 Å². The van der Waals surface area contributed by atoms with Crippen LogP contribution in [-0.4, -0.2) is 18.4 Å². The van der Waals surface area contributed by atoms with Gasteiger partial charge in [-0.05, 0) is 24.5 Å². The van der Waals surface area contributed by atoms with E-state index in [0.717, 1.165) is 37.1 Å². The van der Waals surface area contributed by atoms with Gasteiger partial charge in [-0.15, -0.1) is 0 Å². The summed E-state index contributed by atoms with van der Waals surface area (Å²) in [5.41, 5.74) is 2.05. The van der Waals surface area contributed by atoms with Gasteiger partial charge in [0.2, 0.25) is 0 Å². The molecule has 26 heavy (non-hydrogen) atoms. The molecule has 1 aliphatic rings. The Morgan fingerprint density at radius 2 is 1.77 bits per heavy atom. The molecule has 0 bridgehead atoms. The maximum Gasteiger partial charge on any atom is 0.0901 e. The summed E-state index contributed by atoms with van der Waals surface area (Å²) < 4.78 is 6.35. The first-order valence-corrected chi connectivity index (χ1v) is 10.4. The molecule has 2 nitrogen and oxygen atoms in total. The zero-order valence-corrected chi connectivity index (χ0v) is 16.6. The largest absolute Gasteiger partial charge is 0.371 e. The highest BCUT2D eigenvalue weighted by atomic mass is 16.5. The maximum absolute atomic E-state index is 6.35. The van der Waals surface area contributed by atoms with Gasteiger partial charge in [0.05, 0.1) is 11.3 Å². The van der Waals surface area contributed by atoms with Crippen molar-refractivity contribution in [3.05, 3.63) is 59.8 Å². The summed E-state index contributed by atoms with van der Waals surface area (Å²) in [4.78, 5) is 4.63. The Labute approximate surface area is 160 Å². The van der Waals surface area contributed by atoms with Crippen molar-refractivity contribution in [3.63, 3.8) is 0 Å².